The van der Waals surface area contributed by atoms with Crippen LogP contribution in [0.25, 0.3) is 5.95 Å². The molecule has 0 spiro atoms. The molecule has 4 rings (SSSR count). The fraction of sp³-hybridized carbons (Fsp3) is 0.333. The van der Waals surface area contributed by atoms with Crippen LogP contribution in [0.4, 0.5) is 19.0 Å². The molecule has 0 bridgehead atoms. The van der Waals surface area contributed by atoms with Crippen molar-refractivity contribution in [1.82, 2.24) is 19.7 Å². The molecule has 1 fully saturated rings. The summed E-state index contributed by atoms with van der Waals surface area (Å²) in [6.07, 6.45) is -2.81. The lowest BCUT2D eigenvalue weighted by atomic mass is 10.1. The maximum absolute atomic E-state index is 13.3. The number of amides is 1. The number of halogens is 3. The quantitative estimate of drug-likeness (QED) is 0.652. The molecule has 1 saturated carbocycles. The van der Waals surface area contributed by atoms with Gasteiger partial charge in [-0.15, -0.1) is 0 Å². The highest BCUT2D eigenvalue weighted by molar-refractivity contribution is 6.05. The number of carbonyl (C=O) groups excluding carboxylic acids is 1. The summed E-state index contributed by atoms with van der Waals surface area (Å²) in [6, 6.07) is 4.54. The molecule has 7 nitrogen and oxygen atoms in total. The maximum Gasteiger partial charge on any atom is 0.417 e. The number of alkyl halides is 3. The number of nitrogens with zero attached hydrogens (tertiary/aromatic N) is 3. The monoisotopic (exact) mass is 431 g/mol. The number of aromatic nitrogens is 4. The van der Waals surface area contributed by atoms with Crippen molar-refractivity contribution in [2.45, 2.75) is 45.7 Å². The number of anilines is 1. The maximum atomic E-state index is 13.3. The van der Waals surface area contributed by atoms with E-state index in [2.05, 4.69) is 20.4 Å². The minimum atomic E-state index is -4.68. The molecule has 2 N–H and O–H groups in total. The molecule has 0 aliphatic heterocycles. The largest absolute Gasteiger partial charge is 0.417 e. The fourth-order valence-corrected chi connectivity index (χ4v) is 3.54. The van der Waals surface area contributed by atoms with E-state index in [1.807, 2.05) is 0 Å². The first-order chi connectivity index (χ1) is 14.6. The van der Waals surface area contributed by atoms with Crippen LogP contribution in [0.1, 0.15) is 57.2 Å². The Kier molecular flexibility index (Phi) is 4.95. The second kappa shape index (κ2) is 7.36. The van der Waals surface area contributed by atoms with Gasteiger partial charge in [0.05, 0.1) is 22.5 Å². The highest BCUT2D eigenvalue weighted by atomic mass is 19.4. The van der Waals surface area contributed by atoms with Gasteiger partial charge in [-0.25, -0.2) is 4.98 Å². The summed E-state index contributed by atoms with van der Waals surface area (Å²) in [4.78, 5) is 32.5. The van der Waals surface area contributed by atoms with Gasteiger partial charge in [0.15, 0.2) is 0 Å². The molecule has 2 aromatic heterocycles. The summed E-state index contributed by atoms with van der Waals surface area (Å²) in [5.41, 5.74) is 0.442. The highest BCUT2D eigenvalue weighted by Crippen LogP contribution is 2.39. The molecule has 2 heterocycles. The van der Waals surface area contributed by atoms with E-state index >= 15 is 0 Å². The molecule has 31 heavy (non-hydrogen) atoms. The average molecular weight is 431 g/mol. The Labute approximate surface area is 175 Å². The number of hydrogen-bond donors (Lipinski definition) is 2. The van der Waals surface area contributed by atoms with Crippen molar-refractivity contribution in [3.63, 3.8) is 0 Å². The molecule has 0 atom stereocenters. The summed E-state index contributed by atoms with van der Waals surface area (Å²) in [5.74, 6) is -0.515. The van der Waals surface area contributed by atoms with E-state index in [0.29, 0.717) is 22.5 Å². The van der Waals surface area contributed by atoms with E-state index in [1.165, 1.54) is 16.8 Å². The topological polar surface area (TPSA) is 92.7 Å². The summed E-state index contributed by atoms with van der Waals surface area (Å²) < 4.78 is 41.2. The first-order valence-electron chi connectivity index (χ1n) is 9.73. The second-order valence-electron chi connectivity index (χ2n) is 7.63. The zero-order valence-corrected chi connectivity index (χ0v) is 17.1. The van der Waals surface area contributed by atoms with Crippen LogP contribution >= 0.6 is 0 Å². The number of hydrogen-bond acceptors (Lipinski definition) is 4. The first-order valence-corrected chi connectivity index (χ1v) is 9.73. The number of nitrogens with one attached hydrogen (secondary N) is 2. The molecule has 1 amide bonds. The van der Waals surface area contributed by atoms with Crippen molar-refractivity contribution >= 4 is 11.7 Å². The first kappa shape index (κ1) is 20.8. The third-order valence-corrected chi connectivity index (χ3v) is 5.39. The Balaban J connectivity index is 1.76. The van der Waals surface area contributed by atoms with E-state index in [4.69, 9.17) is 0 Å². The van der Waals surface area contributed by atoms with Crippen molar-refractivity contribution < 1.29 is 18.0 Å². The van der Waals surface area contributed by atoms with E-state index in [0.717, 1.165) is 25.0 Å². The van der Waals surface area contributed by atoms with Gasteiger partial charge >= 0.3 is 6.18 Å². The summed E-state index contributed by atoms with van der Waals surface area (Å²) in [6.45, 7) is 5.09. The Hall–Kier alpha value is -3.43. The van der Waals surface area contributed by atoms with Crippen LogP contribution < -0.4 is 10.9 Å². The van der Waals surface area contributed by atoms with Crippen molar-refractivity contribution in [3.8, 4) is 5.95 Å². The van der Waals surface area contributed by atoms with Gasteiger partial charge < -0.3 is 5.32 Å². The fourth-order valence-electron chi connectivity index (χ4n) is 3.54. The van der Waals surface area contributed by atoms with Gasteiger partial charge in [0.25, 0.3) is 11.5 Å². The van der Waals surface area contributed by atoms with Crippen LogP contribution in [-0.4, -0.2) is 25.7 Å². The molecule has 3 aromatic rings. The molecule has 1 aliphatic rings. The lowest BCUT2D eigenvalue weighted by Crippen LogP contribution is -2.23. The minimum absolute atomic E-state index is 0.0857. The van der Waals surface area contributed by atoms with Crippen molar-refractivity contribution in [3.05, 3.63) is 68.3 Å². The molecule has 1 aromatic carbocycles. The predicted octanol–water partition coefficient (Wildman–Crippen LogP) is 4.03. The molecule has 162 valence electrons. The lowest BCUT2D eigenvalue weighted by molar-refractivity contribution is -0.137. The van der Waals surface area contributed by atoms with E-state index in [-0.39, 0.29) is 23.2 Å². The number of carbonyl (C=O) groups is 1. The highest BCUT2D eigenvalue weighted by Gasteiger charge is 2.35. The Morgan fingerprint density at radius 1 is 1.16 bits per heavy atom. The van der Waals surface area contributed by atoms with Gasteiger partial charge in [0.2, 0.25) is 5.95 Å². The second-order valence-corrected chi connectivity index (χ2v) is 7.63. The lowest BCUT2D eigenvalue weighted by Gasteiger charge is -2.14. The number of aromatic amines is 1. The van der Waals surface area contributed by atoms with Gasteiger partial charge in [-0.2, -0.15) is 23.0 Å². The zero-order valence-electron chi connectivity index (χ0n) is 17.1. The molecule has 1 aliphatic carbocycles. The van der Waals surface area contributed by atoms with Gasteiger partial charge in [0.1, 0.15) is 5.82 Å². The van der Waals surface area contributed by atoms with Crippen LogP contribution in [0.2, 0.25) is 0 Å². The van der Waals surface area contributed by atoms with Gasteiger partial charge in [-0.3, -0.25) is 14.6 Å². The number of aryl methyl sites for hydroxylation is 2. The van der Waals surface area contributed by atoms with Crippen LogP contribution in [0.3, 0.4) is 0 Å². The summed E-state index contributed by atoms with van der Waals surface area (Å²) in [5, 5.41) is 6.83. The van der Waals surface area contributed by atoms with E-state index in [1.54, 1.807) is 20.8 Å². The van der Waals surface area contributed by atoms with Crippen LogP contribution in [-0.2, 0) is 6.18 Å². The predicted molar refractivity (Wildman–Crippen MR) is 108 cm³/mol. The van der Waals surface area contributed by atoms with E-state index < -0.39 is 23.2 Å². The standard InChI is InChI=1S/C21H20F3N5O2/c1-10-11(2)28-29(20-25-12(3)16(13-8-9-13)19(31)27-20)17(10)26-18(30)14-6-4-5-7-15(14)21(22,23)24/h4-7,13H,8-9H2,1-3H3,(H,26,30)(H,25,27,31). The Morgan fingerprint density at radius 3 is 2.45 bits per heavy atom. The third kappa shape index (κ3) is 3.85. The smallest absolute Gasteiger partial charge is 0.306 e. The Morgan fingerprint density at radius 2 is 1.84 bits per heavy atom. The van der Waals surface area contributed by atoms with Crippen LogP contribution in [0.5, 0.6) is 0 Å². The van der Waals surface area contributed by atoms with Gasteiger partial charge in [0, 0.05) is 11.1 Å². The van der Waals surface area contributed by atoms with Crippen molar-refractivity contribution in [2.24, 2.45) is 0 Å². The third-order valence-electron chi connectivity index (χ3n) is 5.39. The summed E-state index contributed by atoms with van der Waals surface area (Å²) in [7, 11) is 0. The average Bonchev–Trinajstić information content (AvgIpc) is 3.49. The number of benzene rings is 1. The molecule has 0 radical (unpaired) electrons. The van der Waals surface area contributed by atoms with Crippen LogP contribution in [0, 0.1) is 20.8 Å². The number of H-pyrrole nitrogens is 1. The number of rotatable bonds is 4. The zero-order chi connectivity index (χ0) is 22.5. The van der Waals surface area contributed by atoms with E-state index in [9.17, 15) is 22.8 Å². The van der Waals surface area contributed by atoms with Crippen LogP contribution in [0.15, 0.2) is 29.1 Å². The van der Waals surface area contributed by atoms with Gasteiger partial charge in [-0.1, -0.05) is 12.1 Å². The van der Waals surface area contributed by atoms with Crippen molar-refractivity contribution in [1.29, 1.82) is 0 Å². The Bertz CT molecular complexity index is 1240. The molecule has 0 unspecified atom stereocenters. The van der Waals surface area contributed by atoms with Crippen molar-refractivity contribution in [2.75, 3.05) is 5.32 Å². The normalized spacial score (nSPS) is 14.0. The summed E-state index contributed by atoms with van der Waals surface area (Å²) >= 11 is 0. The molecular weight excluding hydrogens is 411 g/mol. The SMILES string of the molecule is Cc1nn(-c2nc(C)c(C3CC3)c(=O)[nH]2)c(NC(=O)c2ccccc2C(F)(F)F)c1C. The molecule has 10 heteroatoms. The molecule has 0 saturated heterocycles. The molecular formula is C21H20F3N5O2. The minimum Gasteiger partial charge on any atom is -0.306 e. The van der Waals surface area contributed by atoms with Gasteiger partial charge in [-0.05, 0) is 51.7 Å².